The molecule has 0 aliphatic heterocycles. The van der Waals surface area contributed by atoms with Gasteiger partial charge in [-0.2, -0.15) is 5.26 Å². The second kappa shape index (κ2) is 8.63. The van der Waals surface area contributed by atoms with Crippen molar-refractivity contribution in [1.29, 1.82) is 5.26 Å². The van der Waals surface area contributed by atoms with Crippen molar-refractivity contribution in [2.45, 2.75) is 18.7 Å². The molecule has 0 bridgehead atoms. The van der Waals surface area contributed by atoms with E-state index < -0.39 is 5.56 Å². The van der Waals surface area contributed by atoms with Gasteiger partial charge in [0, 0.05) is 5.56 Å². The number of thioether (sulfide) groups is 1. The zero-order valence-electron chi connectivity index (χ0n) is 15.8. The minimum Gasteiger partial charge on any atom is -0.493 e. The molecule has 1 heterocycles. The maximum Gasteiger partial charge on any atom is 0.270 e. The van der Waals surface area contributed by atoms with Crippen LogP contribution in [0.15, 0.2) is 52.4 Å². The van der Waals surface area contributed by atoms with Crippen molar-refractivity contribution in [2.24, 2.45) is 0 Å². The fourth-order valence-corrected chi connectivity index (χ4v) is 3.19. The molecule has 28 heavy (non-hydrogen) atoms. The highest BCUT2D eigenvalue weighted by molar-refractivity contribution is 7.98. The lowest BCUT2D eigenvalue weighted by Gasteiger charge is -2.16. The third-order valence-electron chi connectivity index (χ3n) is 4.12. The number of H-pyrrole nitrogens is 1. The van der Waals surface area contributed by atoms with Gasteiger partial charge in [-0.25, -0.2) is 4.98 Å². The molecule has 0 amide bonds. The molecule has 0 radical (unpaired) electrons. The maximum absolute atomic E-state index is 12.3. The summed E-state index contributed by atoms with van der Waals surface area (Å²) in [7, 11) is 1.54. The number of aromatic nitrogens is 2. The van der Waals surface area contributed by atoms with Gasteiger partial charge in [-0.1, -0.05) is 47.7 Å². The van der Waals surface area contributed by atoms with Crippen molar-refractivity contribution in [3.8, 4) is 28.8 Å². The summed E-state index contributed by atoms with van der Waals surface area (Å²) in [5, 5.41) is 9.91. The molecule has 7 heteroatoms. The lowest BCUT2D eigenvalue weighted by Crippen LogP contribution is -2.15. The number of aryl methyl sites for hydroxylation is 1. The van der Waals surface area contributed by atoms with Crippen LogP contribution in [0, 0.1) is 18.3 Å². The molecular formula is C21H19N3O3S. The molecule has 2 aromatic carbocycles. The molecule has 1 N–H and O–H groups in total. The van der Waals surface area contributed by atoms with E-state index >= 15 is 0 Å². The molecule has 0 spiro atoms. The fraction of sp³-hybridized carbons (Fsp3) is 0.190. The number of para-hydroxylation sites is 1. The number of hydrogen-bond donors (Lipinski definition) is 1. The van der Waals surface area contributed by atoms with Gasteiger partial charge in [-0.3, -0.25) is 4.79 Å². The molecule has 142 valence electrons. The topological polar surface area (TPSA) is 88.0 Å². The predicted octanol–water partition coefficient (Wildman–Crippen LogP) is 3.93. The molecule has 0 aliphatic carbocycles. The Kier molecular flexibility index (Phi) is 6.02. The van der Waals surface area contributed by atoms with E-state index in [1.165, 1.54) is 11.8 Å². The first kappa shape index (κ1) is 19.5. The van der Waals surface area contributed by atoms with Crippen LogP contribution in [0.2, 0.25) is 0 Å². The van der Waals surface area contributed by atoms with E-state index in [1.54, 1.807) is 31.6 Å². The molecule has 0 fully saturated rings. The van der Waals surface area contributed by atoms with Crippen molar-refractivity contribution < 1.29 is 9.47 Å². The van der Waals surface area contributed by atoms with Gasteiger partial charge in [-0.15, -0.1) is 0 Å². The van der Waals surface area contributed by atoms with E-state index in [4.69, 9.17) is 9.47 Å². The molecule has 0 aliphatic rings. The Labute approximate surface area is 167 Å². The van der Waals surface area contributed by atoms with Crippen molar-refractivity contribution in [3.05, 3.63) is 69.5 Å². The third kappa shape index (κ3) is 4.02. The zero-order valence-corrected chi connectivity index (χ0v) is 16.6. The molecule has 3 aromatic rings. The van der Waals surface area contributed by atoms with Gasteiger partial charge >= 0.3 is 0 Å². The second-order valence-electron chi connectivity index (χ2n) is 6.03. The quantitative estimate of drug-likeness (QED) is 0.504. The highest BCUT2D eigenvalue weighted by Gasteiger charge is 2.20. The van der Waals surface area contributed by atoms with Crippen molar-refractivity contribution >= 4 is 11.8 Å². The van der Waals surface area contributed by atoms with Gasteiger partial charge in [0.1, 0.15) is 23.9 Å². The Morgan fingerprint density at radius 3 is 2.71 bits per heavy atom. The summed E-state index contributed by atoms with van der Waals surface area (Å²) in [5.74, 6) is 0.940. The van der Waals surface area contributed by atoms with E-state index in [1.807, 2.05) is 37.3 Å². The van der Waals surface area contributed by atoms with Gasteiger partial charge in [0.25, 0.3) is 5.56 Å². The largest absolute Gasteiger partial charge is 0.493 e. The van der Waals surface area contributed by atoms with Gasteiger partial charge < -0.3 is 14.5 Å². The van der Waals surface area contributed by atoms with E-state index in [-0.39, 0.29) is 11.3 Å². The van der Waals surface area contributed by atoms with Crippen molar-refractivity contribution in [1.82, 2.24) is 9.97 Å². The van der Waals surface area contributed by atoms with E-state index in [9.17, 15) is 10.1 Å². The fourth-order valence-electron chi connectivity index (χ4n) is 2.82. The summed E-state index contributed by atoms with van der Waals surface area (Å²) in [6, 6.07) is 15.2. The lowest BCUT2D eigenvalue weighted by atomic mass is 10.1. The molecule has 0 atom stereocenters. The Morgan fingerprint density at radius 2 is 2.04 bits per heavy atom. The second-order valence-corrected chi connectivity index (χ2v) is 6.82. The van der Waals surface area contributed by atoms with Gasteiger partial charge in [0.2, 0.25) is 0 Å². The molecule has 1 aromatic heterocycles. The van der Waals surface area contributed by atoms with Crippen LogP contribution >= 0.6 is 11.8 Å². The normalized spacial score (nSPS) is 10.4. The van der Waals surface area contributed by atoms with E-state index in [0.717, 1.165) is 11.1 Å². The highest BCUT2D eigenvalue weighted by Crippen LogP contribution is 2.38. The number of nitrogens with one attached hydrogen (secondary N) is 1. The Morgan fingerprint density at radius 1 is 1.25 bits per heavy atom. The number of methoxy groups -OCH3 is 1. The highest BCUT2D eigenvalue weighted by atomic mass is 32.2. The summed E-state index contributed by atoms with van der Waals surface area (Å²) < 4.78 is 11.5. The Hall–Kier alpha value is -3.24. The number of benzene rings is 2. The van der Waals surface area contributed by atoms with Crippen LogP contribution in [0.3, 0.4) is 0 Å². The first-order chi connectivity index (χ1) is 13.6. The average Bonchev–Trinajstić information content (AvgIpc) is 2.71. The summed E-state index contributed by atoms with van der Waals surface area (Å²) in [5.41, 5.74) is 2.39. The van der Waals surface area contributed by atoms with Crippen LogP contribution in [-0.4, -0.2) is 23.3 Å². The van der Waals surface area contributed by atoms with Crippen LogP contribution in [0.5, 0.6) is 11.5 Å². The van der Waals surface area contributed by atoms with E-state index in [2.05, 4.69) is 9.97 Å². The van der Waals surface area contributed by atoms with Crippen molar-refractivity contribution in [3.63, 3.8) is 0 Å². The average molecular weight is 393 g/mol. The number of rotatable bonds is 6. The molecular weight excluding hydrogens is 374 g/mol. The molecule has 0 saturated heterocycles. The maximum atomic E-state index is 12.3. The monoisotopic (exact) mass is 393 g/mol. The molecule has 0 saturated carbocycles. The molecule has 0 unspecified atom stereocenters. The van der Waals surface area contributed by atoms with Crippen LogP contribution in [0.25, 0.3) is 11.3 Å². The number of hydrogen-bond acceptors (Lipinski definition) is 6. The van der Waals surface area contributed by atoms with Gasteiger partial charge in [0.05, 0.1) is 7.11 Å². The summed E-state index contributed by atoms with van der Waals surface area (Å²) in [6.07, 6.45) is 1.80. The summed E-state index contributed by atoms with van der Waals surface area (Å²) in [6.45, 7) is 2.33. The van der Waals surface area contributed by atoms with Crippen LogP contribution in [0.4, 0.5) is 0 Å². The third-order valence-corrected chi connectivity index (χ3v) is 4.70. The van der Waals surface area contributed by atoms with Gasteiger partial charge in [-0.05, 0) is 30.9 Å². The minimum atomic E-state index is -0.482. The number of nitrogens with zero attached hydrogens (tertiary/aromatic N) is 2. The first-order valence-corrected chi connectivity index (χ1v) is 9.74. The summed E-state index contributed by atoms with van der Waals surface area (Å²) >= 11 is 1.29. The number of nitriles is 1. The minimum absolute atomic E-state index is 0.0635. The predicted molar refractivity (Wildman–Crippen MR) is 109 cm³/mol. The van der Waals surface area contributed by atoms with Crippen molar-refractivity contribution in [2.75, 3.05) is 13.4 Å². The Bertz CT molecular complexity index is 1100. The molecule has 6 nitrogen and oxygen atoms in total. The van der Waals surface area contributed by atoms with Crippen LogP contribution < -0.4 is 15.0 Å². The lowest BCUT2D eigenvalue weighted by molar-refractivity contribution is 0.285. The number of aromatic amines is 1. The number of ether oxygens (including phenoxy) is 2. The standard InChI is InChI=1S/C21H19N3O3S/c1-13-6-4-7-14(10-13)12-27-19-15(8-5-9-17(19)26-2)18-16(11-22)20(25)24-21(23-18)28-3/h4-10H,12H2,1-3H3,(H,23,24,25). The first-order valence-electron chi connectivity index (χ1n) is 8.51. The summed E-state index contributed by atoms with van der Waals surface area (Å²) in [4.78, 5) is 19.4. The van der Waals surface area contributed by atoms with Crippen LogP contribution in [0.1, 0.15) is 16.7 Å². The Balaban J connectivity index is 2.11. The molecule has 3 rings (SSSR count). The zero-order chi connectivity index (χ0) is 20.1. The van der Waals surface area contributed by atoms with Crippen LogP contribution in [-0.2, 0) is 6.61 Å². The van der Waals surface area contributed by atoms with E-state index in [0.29, 0.717) is 28.8 Å². The SMILES string of the molecule is COc1cccc(-c2nc(SC)[nH]c(=O)c2C#N)c1OCc1cccc(C)c1. The van der Waals surface area contributed by atoms with Gasteiger partial charge in [0.15, 0.2) is 16.7 Å². The smallest absolute Gasteiger partial charge is 0.270 e.